The third kappa shape index (κ3) is 4.49. The fourth-order valence-corrected chi connectivity index (χ4v) is 3.12. The zero-order chi connectivity index (χ0) is 16.5. The Morgan fingerprint density at radius 3 is 2.59 bits per heavy atom. The van der Waals surface area contributed by atoms with Crippen molar-refractivity contribution in [1.29, 1.82) is 0 Å². The number of benzene rings is 1. The van der Waals surface area contributed by atoms with E-state index in [1.807, 2.05) is 20.1 Å². The first kappa shape index (κ1) is 18.5. The predicted octanol–water partition coefficient (Wildman–Crippen LogP) is 5.24. The van der Waals surface area contributed by atoms with Gasteiger partial charge in [-0.3, -0.25) is 4.99 Å². The topological polar surface area (TPSA) is 24.8 Å². The number of ether oxygens (including phenoxy) is 1. The van der Waals surface area contributed by atoms with Crippen molar-refractivity contribution in [1.82, 2.24) is 0 Å². The Labute approximate surface area is 138 Å². The van der Waals surface area contributed by atoms with Gasteiger partial charge in [-0.05, 0) is 44.9 Å². The number of thioether (sulfide) groups is 1. The minimum atomic E-state index is 0.551. The SMILES string of the molecule is C/C=N\C1=C(C)N(COC)c2cc(CC)ccc2S1.C=CC. The summed E-state index contributed by atoms with van der Waals surface area (Å²) >= 11 is 1.72. The zero-order valence-electron chi connectivity index (χ0n) is 14.2. The molecule has 22 heavy (non-hydrogen) atoms. The first-order chi connectivity index (χ1) is 10.6. The molecule has 0 atom stereocenters. The molecule has 0 bridgehead atoms. The van der Waals surface area contributed by atoms with Gasteiger partial charge in [0.1, 0.15) is 11.8 Å². The summed E-state index contributed by atoms with van der Waals surface area (Å²) in [7, 11) is 1.72. The number of nitrogens with zero attached hydrogens (tertiary/aromatic N) is 2. The summed E-state index contributed by atoms with van der Waals surface area (Å²) in [6.07, 6.45) is 4.63. The lowest BCUT2D eigenvalue weighted by molar-refractivity contribution is 0.202. The highest BCUT2D eigenvalue weighted by molar-refractivity contribution is 8.03. The van der Waals surface area contributed by atoms with Crippen molar-refractivity contribution in [3.05, 3.63) is 47.1 Å². The van der Waals surface area contributed by atoms with Gasteiger partial charge >= 0.3 is 0 Å². The summed E-state index contributed by atoms with van der Waals surface area (Å²) in [5.74, 6) is 0. The highest BCUT2D eigenvalue weighted by Crippen LogP contribution is 2.44. The van der Waals surface area contributed by atoms with Crippen molar-refractivity contribution in [3.8, 4) is 0 Å². The summed E-state index contributed by atoms with van der Waals surface area (Å²) in [4.78, 5) is 7.88. The van der Waals surface area contributed by atoms with Gasteiger partial charge in [0.05, 0.1) is 5.69 Å². The van der Waals surface area contributed by atoms with Crippen LogP contribution in [0.4, 0.5) is 5.69 Å². The molecule has 4 heteroatoms. The number of aryl methyl sites for hydroxylation is 1. The van der Waals surface area contributed by atoms with Gasteiger partial charge in [-0.2, -0.15) is 0 Å². The van der Waals surface area contributed by atoms with Crippen LogP contribution in [0.1, 0.15) is 33.3 Å². The molecule has 3 nitrogen and oxygen atoms in total. The summed E-state index contributed by atoms with van der Waals surface area (Å²) in [5, 5.41) is 1.04. The summed E-state index contributed by atoms with van der Waals surface area (Å²) in [5.41, 5.74) is 3.71. The van der Waals surface area contributed by atoms with Crippen molar-refractivity contribution in [2.75, 3.05) is 18.7 Å². The van der Waals surface area contributed by atoms with Crippen molar-refractivity contribution >= 4 is 23.7 Å². The molecule has 0 saturated carbocycles. The molecule has 1 aliphatic heterocycles. The number of aliphatic imine (C=N–C) groups is 1. The van der Waals surface area contributed by atoms with E-state index in [0.717, 1.165) is 17.1 Å². The van der Waals surface area contributed by atoms with Crippen LogP contribution in [0.3, 0.4) is 0 Å². The average Bonchev–Trinajstić information content (AvgIpc) is 2.52. The highest BCUT2D eigenvalue weighted by Gasteiger charge is 2.23. The van der Waals surface area contributed by atoms with Crippen LogP contribution < -0.4 is 4.90 Å². The first-order valence-corrected chi connectivity index (χ1v) is 8.28. The van der Waals surface area contributed by atoms with Gasteiger partial charge in [0.2, 0.25) is 0 Å². The molecule has 1 aromatic rings. The molecule has 0 spiro atoms. The van der Waals surface area contributed by atoms with Crippen molar-refractivity contribution < 1.29 is 4.74 Å². The van der Waals surface area contributed by atoms with E-state index in [9.17, 15) is 0 Å². The number of hydrogen-bond acceptors (Lipinski definition) is 4. The Balaban J connectivity index is 0.000000745. The molecule has 120 valence electrons. The molecule has 0 radical (unpaired) electrons. The summed E-state index contributed by atoms with van der Waals surface area (Å²) in [6.45, 7) is 12.0. The smallest absolute Gasteiger partial charge is 0.122 e. The number of anilines is 1. The van der Waals surface area contributed by atoms with Gasteiger partial charge in [0, 0.05) is 23.9 Å². The van der Waals surface area contributed by atoms with Gasteiger partial charge in [-0.15, -0.1) is 6.58 Å². The van der Waals surface area contributed by atoms with Gasteiger partial charge < -0.3 is 9.64 Å². The molecular formula is C18H26N2OS. The Kier molecular flexibility index (Phi) is 7.99. The lowest BCUT2D eigenvalue weighted by Gasteiger charge is -2.31. The molecule has 2 rings (SSSR count). The van der Waals surface area contributed by atoms with Crippen LogP contribution in [0.2, 0.25) is 0 Å². The average molecular weight is 318 g/mol. The molecule has 0 amide bonds. The maximum absolute atomic E-state index is 5.34. The predicted molar refractivity (Wildman–Crippen MR) is 98.8 cm³/mol. The van der Waals surface area contributed by atoms with E-state index in [0.29, 0.717) is 6.73 Å². The van der Waals surface area contributed by atoms with Gasteiger partial charge in [-0.25, -0.2) is 0 Å². The molecule has 0 saturated heterocycles. The van der Waals surface area contributed by atoms with E-state index in [1.165, 1.54) is 16.1 Å². The number of allylic oxidation sites excluding steroid dienone is 2. The molecule has 1 heterocycles. The van der Waals surface area contributed by atoms with Crippen molar-refractivity contribution in [2.24, 2.45) is 4.99 Å². The first-order valence-electron chi connectivity index (χ1n) is 7.46. The quantitative estimate of drug-likeness (QED) is 0.561. The Morgan fingerprint density at radius 2 is 2.05 bits per heavy atom. The van der Waals surface area contributed by atoms with Gasteiger partial charge in [-0.1, -0.05) is 30.8 Å². The molecule has 0 aliphatic carbocycles. The lowest BCUT2D eigenvalue weighted by atomic mass is 10.1. The zero-order valence-corrected chi connectivity index (χ0v) is 15.0. The van der Waals surface area contributed by atoms with Crippen LogP contribution in [0.5, 0.6) is 0 Å². The lowest BCUT2D eigenvalue weighted by Crippen LogP contribution is -2.26. The standard InChI is InChI=1S/C15H20N2OS.C3H6/c1-5-12-7-8-14-13(9-12)17(10-18-4)11(3)15(19-14)16-6-2;1-3-2/h6-9H,5,10H2,1-4H3;3H,1H2,2H3/b16-6-;. The molecule has 0 aromatic heterocycles. The van der Waals surface area contributed by atoms with E-state index >= 15 is 0 Å². The third-order valence-corrected chi connectivity index (χ3v) is 4.31. The second-order valence-electron chi connectivity index (χ2n) is 4.79. The van der Waals surface area contributed by atoms with Crippen LogP contribution >= 0.6 is 11.8 Å². The van der Waals surface area contributed by atoms with Gasteiger partial charge in [0.25, 0.3) is 0 Å². The Bertz CT molecular complexity index is 564. The highest BCUT2D eigenvalue weighted by atomic mass is 32.2. The number of rotatable bonds is 4. The van der Waals surface area contributed by atoms with E-state index in [-0.39, 0.29) is 0 Å². The molecular weight excluding hydrogens is 292 g/mol. The second kappa shape index (κ2) is 9.49. The fourth-order valence-electron chi connectivity index (χ4n) is 2.09. The van der Waals surface area contributed by atoms with Gasteiger partial charge in [0.15, 0.2) is 0 Å². The van der Waals surface area contributed by atoms with Crippen LogP contribution in [0.15, 0.2) is 51.5 Å². The maximum atomic E-state index is 5.34. The van der Waals surface area contributed by atoms with Crippen LogP contribution in [-0.2, 0) is 11.2 Å². The molecule has 0 N–H and O–H groups in total. The summed E-state index contributed by atoms with van der Waals surface area (Å²) < 4.78 is 5.34. The van der Waals surface area contributed by atoms with Crippen LogP contribution in [-0.4, -0.2) is 20.1 Å². The number of methoxy groups -OCH3 is 1. The Hall–Kier alpha value is -1.52. The molecule has 0 fully saturated rings. The van der Waals surface area contributed by atoms with Crippen molar-refractivity contribution in [2.45, 2.75) is 39.0 Å². The third-order valence-electron chi connectivity index (χ3n) is 3.15. The molecule has 1 aliphatic rings. The van der Waals surface area contributed by atoms with E-state index in [1.54, 1.807) is 24.9 Å². The summed E-state index contributed by atoms with van der Waals surface area (Å²) in [6, 6.07) is 6.61. The van der Waals surface area contributed by atoms with E-state index in [2.05, 4.69) is 48.5 Å². The fraction of sp³-hybridized carbons (Fsp3) is 0.389. The normalized spacial score (nSPS) is 13.8. The minimum Gasteiger partial charge on any atom is -0.364 e. The molecule has 0 unspecified atom stereocenters. The number of hydrogen-bond donors (Lipinski definition) is 0. The largest absolute Gasteiger partial charge is 0.364 e. The second-order valence-corrected chi connectivity index (χ2v) is 5.82. The van der Waals surface area contributed by atoms with E-state index in [4.69, 9.17) is 4.74 Å². The Morgan fingerprint density at radius 1 is 1.36 bits per heavy atom. The monoisotopic (exact) mass is 318 g/mol. The minimum absolute atomic E-state index is 0.551. The van der Waals surface area contributed by atoms with Crippen LogP contribution in [0.25, 0.3) is 0 Å². The van der Waals surface area contributed by atoms with E-state index < -0.39 is 0 Å². The molecule has 1 aromatic carbocycles. The number of fused-ring (bicyclic) bond motifs is 1. The van der Waals surface area contributed by atoms with Crippen LogP contribution in [0, 0.1) is 0 Å². The maximum Gasteiger partial charge on any atom is 0.122 e. The van der Waals surface area contributed by atoms with Crippen molar-refractivity contribution in [3.63, 3.8) is 0 Å².